The third-order valence-electron chi connectivity index (χ3n) is 5.45. The van der Waals surface area contributed by atoms with Crippen molar-refractivity contribution in [3.05, 3.63) is 35.9 Å². The molecule has 3 amide bonds. The molecule has 2 aliphatic rings. The van der Waals surface area contributed by atoms with Crippen molar-refractivity contribution in [1.82, 2.24) is 14.7 Å². The maximum Gasteiger partial charge on any atom is 0.327 e. The van der Waals surface area contributed by atoms with Crippen molar-refractivity contribution < 1.29 is 9.59 Å². The van der Waals surface area contributed by atoms with Gasteiger partial charge in [0.1, 0.15) is 5.54 Å². The highest BCUT2D eigenvalue weighted by atomic mass is 16.2. The number of hydrogen-bond acceptors (Lipinski definition) is 3. The van der Waals surface area contributed by atoms with Crippen LogP contribution in [0.1, 0.15) is 45.1 Å². The molecule has 3 rings (SSSR count). The smallest absolute Gasteiger partial charge is 0.309 e. The Morgan fingerprint density at radius 3 is 2.20 bits per heavy atom. The van der Waals surface area contributed by atoms with E-state index in [9.17, 15) is 9.59 Å². The Balaban J connectivity index is 1.72. The van der Waals surface area contributed by atoms with Gasteiger partial charge in [0.15, 0.2) is 0 Å². The maximum absolute atomic E-state index is 13.1. The summed E-state index contributed by atoms with van der Waals surface area (Å²) in [5.74, 6) is 0.0344. The molecular weight excluding hydrogens is 314 g/mol. The largest absolute Gasteiger partial charge is 0.327 e. The molecule has 0 aromatic heterocycles. The summed E-state index contributed by atoms with van der Waals surface area (Å²) in [5, 5.41) is 0. The summed E-state index contributed by atoms with van der Waals surface area (Å²) in [6.45, 7) is 7.90. The van der Waals surface area contributed by atoms with Crippen LogP contribution in [0.15, 0.2) is 30.3 Å². The molecule has 1 aromatic rings. The Labute approximate surface area is 150 Å². The zero-order valence-electron chi connectivity index (χ0n) is 15.4. The van der Waals surface area contributed by atoms with Crippen LogP contribution in [0.25, 0.3) is 0 Å². The zero-order valence-corrected chi connectivity index (χ0v) is 15.4. The average molecular weight is 343 g/mol. The van der Waals surface area contributed by atoms with Crippen molar-refractivity contribution in [3.63, 3.8) is 0 Å². The highest BCUT2D eigenvalue weighted by Crippen LogP contribution is 2.37. The molecular formula is C20H29N3O2. The van der Waals surface area contributed by atoms with E-state index in [-0.39, 0.29) is 11.9 Å². The van der Waals surface area contributed by atoms with Gasteiger partial charge in [-0.2, -0.15) is 0 Å². The van der Waals surface area contributed by atoms with E-state index in [0.717, 1.165) is 45.3 Å². The van der Waals surface area contributed by atoms with Gasteiger partial charge in [-0.1, -0.05) is 44.2 Å². The van der Waals surface area contributed by atoms with Crippen LogP contribution in [0, 0.1) is 0 Å². The molecule has 136 valence electrons. The molecule has 5 heteroatoms. The monoisotopic (exact) mass is 343 g/mol. The van der Waals surface area contributed by atoms with Crippen molar-refractivity contribution in [3.8, 4) is 0 Å². The molecule has 2 heterocycles. The normalized spacial score (nSPS) is 20.7. The predicted octanol–water partition coefficient (Wildman–Crippen LogP) is 3.11. The lowest BCUT2D eigenvalue weighted by Gasteiger charge is -2.42. The van der Waals surface area contributed by atoms with Crippen LogP contribution in [-0.2, 0) is 11.3 Å². The first-order valence-corrected chi connectivity index (χ1v) is 9.52. The molecule has 0 unspecified atom stereocenters. The molecule has 0 bridgehead atoms. The third kappa shape index (κ3) is 3.30. The first-order valence-electron chi connectivity index (χ1n) is 9.52. The summed E-state index contributed by atoms with van der Waals surface area (Å²) >= 11 is 0. The van der Waals surface area contributed by atoms with E-state index in [0.29, 0.717) is 13.1 Å². The summed E-state index contributed by atoms with van der Waals surface area (Å²) in [7, 11) is 0. The quantitative estimate of drug-likeness (QED) is 0.746. The molecule has 25 heavy (non-hydrogen) atoms. The molecule has 2 saturated heterocycles. The second-order valence-electron chi connectivity index (χ2n) is 7.18. The van der Waals surface area contributed by atoms with Crippen LogP contribution in [0.5, 0.6) is 0 Å². The summed E-state index contributed by atoms with van der Waals surface area (Å²) in [4.78, 5) is 31.6. The fourth-order valence-electron chi connectivity index (χ4n) is 4.14. The molecule has 5 nitrogen and oxygen atoms in total. The van der Waals surface area contributed by atoms with Crippen molar-refractivity contribution in [2.75, 3.05) is 26.2 Å². The lowest BCUT2D eigenvalue weighted by Crippen LogP contribution is -2.56. The molecule has 2 fully saturated rings. The lowest BCUT2D eigenvalue weighted by molar-refractivity contribution is -0.135. The van der Waals surface area contributed by atoms with E-state index in [1.165, 1.54) is 10.5 Å². The van der Waals surface area contributed by atoms with Gasteiger partial charge in [0.05, 0.1) is 0 Å². The third-order valence-corrected chi connectivity index (χ3v) is 5.45. The number of benzene rings is 1. The van der Waals surface area contributed by atoms with Crippen LogP contribution < -0.4 is 0 Å². The maximum atomic E-state index is 13.1. The highest BCUT2D eigenvalue weighted by molar-refractivity contribution is 6.07. The number of piperidine rings is 1. The van der Waals surface area contributed by atoms with E-state index in [1.54, 1.807) is 0 Å². The minimum absolute atomic E-state index is 0.0344. The Morgan fingerprint density at radius 1 is 0.960 bits per heavy atom. The fraction of sp³-hybridized carbons (Fsp3) is 0.600. The number of rotatable bonds is 6. The number of likely N-dealkylation sites (tertiary alicyclic amines) is 1. The SMILES string of the molecule is CCCN1C(=O)N(CCC)C2(CCN(Cc3ccccc3)CC2)C1=O. The van der Waals surface area contributed by atoms with E-state index in [4.69, 9.17) is 0 Å². The van der Waals surface area contributed by atoms with Gasteiger partial charge in [-0.3, -0.25) is 14.6 Å². The van der Waals surface area contributed by atoms with Gasteiger partial charge >= 0.3 is 6.03 Å². The summed E-state index contributed by atoms with van der Waals surface area (Å²) < 4.78 is 0. The van der Waals surface area contributed by atoms with Crippen molar-refractivity contribution in [2.45, 2.75) is 51.6 Å². The van der Waals surface area contributed by atoms with Crippen LogP contribution in [-0.4, -0.2) is 58.4 Å². The van der Waals surface area contributed by atoms with Gasteiger partial charge < -0.3 is 4.90 Å². The average Bonchev–Trinajstić information content (AvgIpc) is 2.81. The predicted molar refractivity (Wildman–Crippen MR) is 98.1 cm³/mol. The van der Waals surface area contributed by atoms with Crippen LogP contribution in [0.4, 0.5) is 4.79 Å². The van der Waals surface area contributed by atoms with E-state index >= 15 is 0 Å². The standard InChI is InChI=1S/C20H29N3O2/c1-3-12-22-18(24)20(23(13-4-2)19(22)25)10-14-21(15-11-20)16-17-8-6-5-7-9-17/h5-9H,3-4,10-16H2,1-2H3. The summed E-state index contributed by atoms with van der Waals surface area (Å²) in [5.41, 5.74) is 0.695. The van der Waals surface area contributed by atoms with Crippen LogP contribution >= 0.6 is 0 Å². The first kappa shape index (κ1) is 17.9. The molecule has 0 radical (unpaired) electrons. The zero-order chi connectivity index (χ0) is 17.9. The number of amides is 3. The summed E-state index contributed by atoms with van der Waals surface area (Å²) in [6.07, 6.45) is 3.18. The molecule has 0 atom stereocenters. The number of urea groups is 1. The van der Waals surface area contributed by atoms with Crippen molar-refractivity contribution in [2.24, 2.45) is 0 Å². The van der Waals surface area contributed by atoms with E-state index in [1.807, 2.05) is 17.9 Å². The van der Waals surface area contributed by atoms with Crippen LogP contribution in [0.2, 0.25) is 0 Å². The molecule has 1 spiro atoms. The topological polar surface area (TPSA) is 43.9 Å². The van der Waals surface area contributed by atoms with Gasteiger partial charge in [-0.05, 0) is 31.2 Å². The van der Waals surface area contributed by atoms with Gasteiger partial charge in [0.25, 0.3) is 5.91 Å². The minimum Gasteiger partial charge on any atom is -0.309 e. The number of carbonyl (C=O) groups is 2. The molecule has 0 saturated carbocycles. The van der Waals surface area contributed by atoms with E-state index < -0.39 is 5.54 Å². The Bertz CT molecular complexity index is 609. The first-order chi connectivity index (χ1) is 12.1. The second-order valence-corrected chi connectivity index (χ2v) is 7.18. The summed E-state index contributed by atoms with van der Waals surface area (Å²) in [6, 6.07) is 10.4. The molecule has 0 N–H and O–H groups in total. The Hall–Kier alpha value is -1.88. The van der Waals surface area contributed by atoms with Crippen molar-refractivity contribution in [1.29, 1.82) is 0 Å². The molecule has 0 aliphatic carbocycles. The number of hydrogen-bond donors (Lipinski definition) is 0. The number of nitrogens with zero attached hydrogens (tertiary/aromatic N) is 3. The Morgan fingerprint density at radius 2 is 1.60 bits per heavy atom. The van der Waals surface area contributed by atoms with Gasteiger partial charge in [0, 0.05) is 32.7 Å². The Kier molecular flexibility index (Phi) is 5.42. The molecule has 1 aromatic carbocycles. The van der Waals surface area contributed by atoms with Crippen LogP contribution in [0.3, 0.4) is 0 Å². The lowest BCUT2D eigenvalue weighted by atomic mass is 9.85. The fourth-order valence-corrected chi connectivity index (χ4v) is 4.14. The van der Waals surface area contributed by atoms with E-state index in [2.05, 4.69) is 36.1 Å². The number of carbonyl (C=O) groups excluding carboxylic acids is 2. The van der Waals surface area contributed by atoms with Gasteiger partial charge in [-0.25, -0.2) is 4.79 Å². The second kappa shape index (κ2) is 7.56. The molecule has 2 aliphatic heterocycles. The van der Waals surface area contributed by atoms with Gasteiger partial charge in [0.2, 0.25) is 0 Å². The number of imide groups is 1. The van der Waals surface area contributed by atoms with Crippen molar-refractivity contribution >= 4 is 11.9 Å². The minimum atomic E-state index is -0.602. The highest BCUT2D eigenvalue weighted by Gasteiger charge is 2.57. The van der Waals surface area contributed by atoms with Gasteiger partial charge in [-0.15, -0.1) is 0 Å².